The van der Waals surface area contributed by atoms with Crippen molar-refractivity contribution in [2.75, 3.05) is 0 Å². The molecule has 16 rings (SSSR count). The van der Waals surface area contributed by atoms with Crippen molar-refractivity contribution < 1.29 is 0 Å². The van der Waals surface area contributed by atoms with Gasteiger partial charge in [0.15, 0.2) is 17.5 Å². The highest BCUT2D eigenvalue weighted by atomic mass is 15.0. The van der Waals surface area contributed by atoms with Gasteiger partial charge >= 0.3 is 0 Å². The highest BCUT2D eigenvalue weighted by molar-refractivity contribution is 5.69. The highest BCUT2D eigenvalue weighted by Gasteiger charge is 2.14. The third kappa shape index (κ3) is 30.4. The van der Waals surface area contributed by atoms with Crippen LogP contribution in [-0.2, 0) is 0 Å². The third-order valence-corrected chi connectivity index (χ3v) is 19.5. The Morgan fingerprint density at radius 1 is 0.203 bits per heavy atom. The van der Waals surface area contributed by atoms with Crippen LogP contribution in [-0.4, -0.2) is 84.7 Å². The zero-order chi connectivity index (χ0) is 91.7. The fourth-order valence-electron chi connectivity index (χ4n) is 11.8. The minimum atomic E-state index is 0.302. The van der Waals surface area contributed by atoms with Crippen LogP contribution in [0, 0.1) is 45.3 Å². The van der Waals surface area contributed by atoms with E-state index in [9.17, 15) is 0 Å². The van der Waals surface area contributed by atoms with Gasteiger partial charge in [0.05, 0.1) is 57.9 Å². The minimum Gasteiger partial charge on any atom is -0.244 e. The molecular weight excluding hydrogens is 1580 g/mol. The Morgan fingerprint density at radius 3 is 0.898 bits per heavy atom. The van der Waals surface area contributed by atoms with E-state index in [0.29, 0.717) is 81.2 Å². The van der Waals surface area contributed by atoms with Gasteiger partial charge < -0.3 is 0 Å². The van der Waals surface area contributed by atoms with Crippen LogP contribution in [0.4, 0.5) is 0 Å². The van der Waals surface area contributed by atoms with Crippen molar-refractivity contribution in [3.8, 4) is 114 Å². The number of nitrogens with zero attached hydrogens (tertiary/aromatic N) is 21. The van der Waals surface area contributed by atoms with Gasteiger partial charge in [0.2, 0.25) is 0 Å². The van der Waals surface area contributed by atoms with Gasteiger partial charge in [-0.05, 0) is 135 Å². The maximum absolute atomic E-state index is 8.84. The lowest BCUT2D eigenvalue weighted by atomic mass is 10.00. The topological polar surface area (TPSA) is 314 Å². The first kappa shape index (κ1) is 96.1. The third-order valence-electron chi connectivity index (χ3n) is 19.5. The monoisotopic (exact) mass is 1690 g/mol. The van der Waals surface area contributed by atoms with Crippen molar-refractivity contribution in [3.63, 3.8) is 0 Å². The molecule has 8 heterocycles. The number of benzene rings is 8. The van der Waals surface area contributed by atoms with E-state index >= 15 is 0 Å². The molecule has 21 heteroatoms. The van der Waals surface area contributed by atoms with E-state index in [0.717, 1.165) is 107 Å². The molecule has 0 amide bonds. The lowest BCUT2D eigenvalue weighted by molar-refractivity contribution is 0.759. The molecule has 21 nitrogen and oxygen atoms in total. The van der Waals surface area contributed by atoms with E-state index in [1.165, 1.54) is 29.3 Å². The normalized spacial score (nSPS) is 10.4. The molecule has 0 N–H and O–H groups in total. The van der Waals surface area contributed by atoms with Crippen LogP contribution in [0.1, 0.15) is 226 Å². The lowest BCUT2D eigenvalue weighted by Crippen LogP contribution is -2.01. The first-order valence-corrected chi connectivity index (χ1v) is 42.5. The van der Waals surface area contributed by atoms with Gasteiger partial charge in [-0.15, -0.1) is 0 Å². The minimum absolute atomic E-state index is 0.302. The van der Waals surface area contributed by atoms with Gasteiger partial charge in [-0.25, -0.2) is 84.7 Å². The lowest BCUT2D eigenvalue weighted by Gasteiger charge is -2.10. The predicted octanol–water partition coefficient (Wildman–Crippen LogP) is 25.0. The maximum atomic E-state index is 8.84. The fourth-order valence-corrected chi connectivity index (χ4v) is 11.8. The molecule has 16 aromatic rings. The van der Waals surface area contributed by atoms with Gasteiger partial charge in [-0.3, -0.25) is 0 Å². The van der Waals surface area contributed by atoms with Crippen molar-refractivity contribution in [1.82, 2.24) is 84.7 Å². The Labute approximate surface area is 753 Å². The number of aromatic nitrogens is 17. The zero-order valence-electron chi connectivity index (χ0n) is 75.5. The summed E-state index contributed by atoms with van der Waals surface area (Å²) in [4.78, 5) is 72.1. The van der Waals surface area contributed by atoms with E-state index in [-0.39, 0.29) is 0 Å². The van der Waals surface area contributed by atoms with Gasteiger partial charge in [0, 0.05) is 143 Å². The highest BCUT2D eigenvalue weighted by Crippen LogP contribution is 2.29. The second-order valence-corrected chi connectivity index (χ2v) is 32.0. The first-order valence-electron chi connectivity index (χ1n) is 42.5. The molecule has 0 bridgehead atoms. The summed E-state index contributed by atoms with van der Waals surface area (Å²) in [5, 5.41) is 35.1. The van der Waals surface area contributed by atoms with Crippen molar-refractivity contribution in [1.29, 1.82) is 21.0 Å². The average molecular weight is 1690 g/mol. The maximum Gasteiger partial charge on any atom is 0.159 e. The first-order chi connectivity index (χ1) is 61.9. The fraction of sp³-hybridized carbons (Fsp3) is 0.224. The van der Waals surface area contributed by atoms with E-state index in [4.69, 9.17) is 31.0 Å². The summed E-state index contributed by atoms with van der Waals surface area (Å²) < 4.78 is 0. The molecule has 128 heavy (non-hydrogen) atoms. The van der Waals surface area contributed by atoms with Crippen LogP contribution >= 0.6 is 0 Å². The van der Waals surface area contributed by atoms with E-state index in [1.807, 2.05) is 147 Å². The number of rotatable bonds is 16. The molecule has 0 saturated heterocycles. The molecule has 0 aliphatic rings. The molecule has 0 atom stereocenters. The summed E-state index contributed by atoms with van der Waals surface area (Å²) in [5.74, 6) is 8.93. The van der Waals surface area contributed by atoms with Crippen LogP contribution in [0.5, 0.6) is 0 Å². The van der Waals surface area contributed by atoms with Crippen LogP contribution in [0.15, 0.2) is 312 Å². The van der Waals surface area contributed by atoms with Gasteiger partial charge in [0.1, 0.15) is 42.3 Å². The van der Waals surface area contributed by atoms with Crippen molar-refractivity contribution >= 4 is 0 Å². The summed E-state index contributed by atoms with van der Waals surface area (Å²) in [6.07, 6.45) is 26.4. The summed E-state index contributed by atoms with van der Waals surface area (Å²) in [6.45, 7) is 33.8. The van der Waals surface area contributed by atoms with Gasteiger partial charge in [0.25, 0.3) is 0 Å². The van der Waals surface area contributed by atoms with Crippen molar-refractivity contribution in [3.05, 3.63) is 380 Å². The molecule has 8 aromatic carbocycles. The second kappa shape index (κ2) is 50.2. The molecule has 0 aliphatic carbocycles. The molecule has 640 valence electrons. The molecule has 0 spiro atoms. The SMILES string of the molecule is CC(C)c1ccc(-c2cncnc2)cc1.CC(C)c1ccc(-c2ncccn2)cc1.CC(C)c1cnc(-c2ccc(C#N)cc2)nc1.CC(C)c1cnc(-c2cccc(C#N)c2)nc1.CC(C)c1nc(-c2ccccc2)cc(-c2ccccc2)n1.CC(C)c1ncc(-c2ccc(C#N)cc2)cn1.CC(C)c1ncc(-c2cccc(C#N)c2)cn1.CC(C)c1ncncn1. The molecule has 0 radical (unpaired) electrons. The van der Waals surface area contributed by atoms with E-state index in [2.05, 4.69) is 289 Å². The Bertz CT molecular complexity index is 5810. The number of hydrogen-bond acceptors (Lipinski definition) is 21. The van der Waals surface area contributed by atoms with Gasteiger partial charge in [-0.2, -0.15) is 21.0 Å². The Hall–Kier alpha value is -15.7. The zero-order valence-corrected chi connectivity index (χ0v) is 75.5. The standard InChI is InChI=1S/C19H18N2.4C14H13N3.2C13H14N2.C6H9N3/c1-14(2)19-20-17(15-9-5-3-6-10-15)13-18(21-19)16-11-7-4-8-12-16;1-10(2)14-16-8-13(9-17-14)12-5-3-11(7-15)4-6-12;1-10(2)13-8-16-14(17-9-13)12-5-3-11(7-15)4-6-12;1-10(2)14-16-8-13(9-17-14)12-5-3-4-11(6-12)7-15;1-10(2)13-8-16-14(17-9-13)12-5-3-4-11(6-12)7-15;1-10(2)11-4-6-12(7-5-11)13-14-8-3-9-15-13;1-10(2)11-3-5-12(6-4-11)13-7-14-9-15-8-13;1-5(2)6-8-3-7-4-9-6/h3-14H,1-2H3;4*3-6,8-10H,1-2H3;2*3-10H,1-2H3;3-5H,1-2H3. The smallest absolute Gasteiger partial charge is 0.159 e. The van der Waals surface area contributed by atoms with Crippen LogP contribution in [0.3, 0.4) is 0 Å². The average Bonchev–Trinajstić information content (AvgIpc) is 0.804. The molecule has 0 aliphatic heterocycles. The Balaban J connectivity index is 0.000000166. The van der Waals surface area contributed by atoms with E-state index in [1.54, 1.807) is 73.6 Å². The number of nitriles is 4. The molecule has 8 aromatic heterocycles. The van der Waals surface area contributed by atoms with E-state index < -0.39 is 0 Å². The molecular formula is C107H107N21. The molecule has 0 saturated carbocycles. The summed E-state index contributed by atoms with van der Waals surface area (Å²) in [7, 11) is 0. The Morgan fingerprint density at radius 2 is 0.523 bits per heavy atom. The summed E-state index contributed by atoms with van der Waals surface area (Å²) in [5.41, 5.74) is 20.7. The quantitative estimate of drug-likeness (QED) is 0.0867. The van der Waals surface area contributed by atoms with Crippen LogP contribution in [0.2, 0.25) is 0 Å². The number of hydrogen-bond donors (Lipinski definition) is 0. The summed E-state index contributed by atoms with van der Waals surface area (Å²) >= 11 is 0. The van der Waals surface area contributed by atoms with Crippen molar-refractivity contribution in [2.24, 2.45) is 0 Å². The largest absolute Gasteiger partial charge is 0.244 e. The molecule has 0 unspecified atom stereocenters. The summed E-state index contributed by atoms with van der Waals surface area (Å²) in [6, 6.07) is 79.3. The molecule has 0 fully saturated rings. The van der Waals surface area contributed by atoms with Crippen LogP contribution in [0.25, 0.3) is 90.1 Å². The van der Waals surface area contributed by atoms with Gasteiger partial charge in [-0.1, -0.05) is 256 Å². The van der Waals surface area contributed by atoms with Crippen molar-refractivity contribution in [2.45, 2.75) is 158 Å². The predicted molar refractivity (Wildman–Crippen MR) is 509 cm³/mol. The second-order valence-electron chi connectivity index (χ2n) is 32.0. The van der Waals surface area contributed by atoms with Crippen LogP contribution < -0.4 is 0 Å². The Kier molecular flexibility index (Phi) is 37.7.